The van der Waals surface area contributed by atoms with Crippen LogP contribution in [0.3, 0.4) is 0 Å². The molecule has 0 heterocycles. The van der Waals surface area contributed by atoms with Crippen molar-refractivity contribution < 1.29 is 14.3 Å². The summed E-state index contributed by atoms with van der Waals surface area (Å²) in [6.07, 6.45) is 2.63. The van der Waals surface area contributed by atoms with E-state index in [-0.39, 0.29) is 12.0 Å². The van der Waals surface area contributed by atoms with Crippen LogP contribution in [0.15, 0.2) is 30.9 Å². The first-order valence-corrected chi connectivity index (χ1v) is 7.07. The highest BCUT2D eigenvalue weighted by molar-refractivity contribution is 5.95. The van der Waals surface area contributed by atoms with E-state index < -0.39 is 0 Å². The molecule has 116 valence electrons. The highest BCUT2D eigenvalue weighted by atomic mass is 16.5. The van der Waals surface area contributed by atoms with E-state index in [1.807, 2.05) is 13.8 Å². The predicted molar refractivity (Wildman–Crippen MR) is 84.6 cm³/mol. The fourth-order valence-corrected chi connectivity index (χ4v) is 1.67. The van der Waals surface area contributed by atoms with Crippen LogP contribution < -0.4 is 15.8 Å². The maximum atomic E-state index is 12.0. The van der Waals surface area contributed by atoms with Crippen LogP contribution >= 0.6 is 0 Å². The zero-order valence-corrected chi connectivity index (χ0v) is 12.7. The van der Waals surface area contributed by atoms with Gasteiger partial charge in [0, 0.05) is 18.7 Å². The van der Waals surface area contributed by atoms with Gasteiger partial charge < -0.3 is 20.5 Å². The molecule has 3 N–H and O–H groups in total. The molecule has 0 spiro atoms. The minimum absolute atomic E-state index is 0.151. The van der Waals surface area contributed by atoms with Gasteiger partial charge in [-0.25, -0.2) is 0 Å². The molecule has 0 aliphatic rings. The van der Waals surface area contributed by atoms with Crippen molar-refractivity contribution in [2.75, 3.05) is 25.5 Å². The van der Waals surface area contributed by atoms with Crippen LogP contribution in [0, 0.1) is 0 Å². The Kier molecular flexibility index (Phi) is 7.32. The van der Waals surface area contributed by atoms with Crippen LogP contribution in [0.25, 0.3) is 0 Å². The lowest BCUT2D eigenvalue weighted by molar-refractivity contribution is 0.0757. The van der Waals surface area contributed by atoms with Crippen LogP contribution in [0.1, 0.15) is 30.6 Å². The third kappa shape index (κ3) is 6.31. The van der Waals surface area contributed by atoms with Gasteiger partial charge in [-0.15, -0.1) is 0 Å². The second-order valence-electron chi connectivity index (χ2n) is 4.88. The van der Waals surface area contributed by atoms with Gasteiger partial charge in [0.15, 0.2) is 0 Å². The first-order chi connectivity index (χ1) is 10.0. The number of hydrogen-bond donors (Lipinski definition) is 2. The number of nitrogen functional groups attached to an aromatic ring is 1. The average Bonchev–Trinajstić information content (AvgIpc) is 2.45. The second-order valence-corrected chi connectivity index (χ2v) is 4.88. The molecule has 0 saturated heterocycles. The minimum Gasteiger partial charge on any atom is -0.487 e. The Morgan fingerprint density at radius 3 is 2.86 bits per heavy atom. The van der Waals surface area contributed by atoms with E-state index in [4.69, 9.17) is 15.2 Å². The monoisotopic (exact) mass is 292 g/mol. The molecule has 1 rings (SSSR count). The van der Waals surface area contributed by atoms with E-state index in [1.165, 1.54) is 0 Å². The van der Waals surface area contributed by atoms with Gasteiger partial charge in [-0.1, -0.05) is 12.7 Å². The van der Waals surface area contributed by atoms with Crippen molar-refractivity contribution in [2.24, 2.45) is 0 Å². The topological polar surface area (TPSA) is 73.6 Å². The predicted octanol–water partition coefficient (Wildman–Crippen LogP) is 2.38. The van der Waals surface area contributed by atoms with Crippen molar-refractivity contribution in [3.05, 3.63) is 36.4 Å². The van der Waals surface area contributed by atoms with Gasteiger partial charge in [0.25, 0.3) is 5.91 Å². The van der Waals surface area contributed by atoms with Crippen molar-refractivity contribution in [3.63, 3.8) is 0 Å². The minimum atomic E-state index is -0.151. The zero-order valence-electron chi connectivity index (χ0n) is 12.7. The highest BCUT2D eigenvalue weighted by Gasteiger charge is 2.08. The van der Waals surface area contributed by atoms with E-state index >= 15 is 0 Å². The number of amides is 1. The Bertz CT molecular complexity index is 473. The molecule has 1 aromatic carbocycles. The lowest BCUT2D eigenvalue weighted by Crippen LogP contribution is -2.25. The van der Waals surface area contributed by atoms with Crippen molar-refractivity contribution in [3.8, 4) is 5.75 Å². The standard InChI is InChI=1S/C16H24N2O3/c1-4-9-21-15-7-6-13(11-14(15)17)16(19)18-8-5-10-20-12(2)3/h4,6-7,11-12H,1,5,8-10,17H2,2-3H3,(H,18,19). The number of nitrogens with two attached hydrogens (primary N) is 1. The number of carbonyl (C=O) groups excluding carboxylic acids is 1. The van der Waals surface area contributed by atoms with Crippen LogP contribution in [-0.2, 0) is 4.74 Å². The Morgan fingerprint density at radius 2 is 2.24 bits per heavy atom. The summed E-state index contributed by atoms with van der Waals surface area (Å²) in [7, 11) is 0. The maximum Gasteiger partial charge on any atom is 0.251 e. The Labute approximate surface area is 126 Å². The van der Waals surface area contributed by atoms with Crippen LogP contribution in [0.2, 0.25) is 0 Å². The average molecular weight is 292 g/mol. The molecule has 0 fully saturated rings. The van der Waals surface area contributed by atoms with Gasteiger partial charge in [0.2, 0.25) is 0 Å². The third-order valence-corrected chi connectivity index (χ3v) is 2.69. The molecule has 1 amide bonds. The summed E-state index contributed by atoms with van der Waals surface area (Å²) >= 11 is 0. The quantitative estimate of drug-likeness (QED) is 0.416. The fraction of sp³-hybridized carbons (Fsp3) is 0.438. The normalized spacial score (nSPS) is 10.4. The number of rotatable bonds is 9. The third-order valence-electron chi connectivity index (χ3n) is 2.69. The number of hydrogen-bond acceptors (Lipinski definition) is 4. The maximum absolute atomic E-state index is 12.0. The van der Waals surface area contributed by atoms with Crippen LogP contribution in [-0.4, -0.2) is 31.8 Å². The molecule has 0 atom stereocenters. The van der Waals surface area contributed by atoms with Crippen LogP contribution in [0.4, 0.5) is 5.69 Å². The Morgan fingerprint density at radius 1 is 1.48 bits per heavy atom. The molecular weight excluding hydrogens is 268 g/mol. The van der Waals surface area contributed by atoms with E-state index in [9.17, 15) is 4.79 Å². The number of anilines is 1. The lowest BCUT2D eigenvalue weighted by Gasteiger charge is -2.10. The lowest BCUT2D eigenvalue weighted by atomic mass is 10.1. The van der Waals surface area contributed by atoms with Crippen molar-refractivity contribution in [1.82, 2.24) is 5.32 Å². The Balaban J connectivity index is 2.43. The largest absolute Gasteiger partial charge is 0.487 e. The first-order valence-electron chi connectivity index (χ1n) is 7.07. The zero-order chi connectivity index (χ0) is 15.7. The summed E-state index contributed by atoms with van der Waals surface area (Å²) in [5.41, 5.74) is 6.80. The summed E-state index contributed by atoms with van der Waals surface area (Å²) < 4.78 is 10.8. The summed E-state index contributed by atoms with van der Waals surface area (Å²) in [6.45, 7) is 9.12. The number of benzene rings is 1. The highest BCUT2D eigenvalue weighted by Crippen LogP contribution is 2.22. The molecule has 0 aromatic heterocycles. The van der Waals surface area contributed by atoms with Crippen molar-refractivity contribution in [2.45, 2.75) is 26.4 Å². The van der Waals surface area contributed by atoms with Gasteiger partial charge in [-0.3, -0.25) is 4.79 Å². The second kappa shape index (κ2) is 9.02. The number of carbonyl (C=O) groups is 1. The number of ether oxygens (including phenoxy) is 2. The molecule has 0 aliphatic heterocycles. The summed E-state index contributed by atoms with van der Waals surface area (Å²) in [4.78, 5) is 12.0. The van der Waals surface area contributed by atoms with Crippen molar-refractivity contribution >= 4 is 11.6 Å². The molecule has 5 nitrogen and oxygen atoms in total. The smallest absolute Gasteiger partial charge is 0.251 e. The SMILES string of the molecule is C=CCOc1ccc(C(=O)NCCCOC(C)C)cc1N. The van der Waals surface area contributed by atoms with E-state index in [0.717, 1.165) is 6.42 Å². The summed E-state index contributed by atoms with van der Waals surface area (Å²) in [5, 5.41) is 2.83. The summed E-state index contributed by atoms with van der Waals surface area (Å²) in [6, 6.07) is 4.99. The van der Waals surface area contributed by atoms with E-state index in [2.05, 4.69) is 11.9 Å². The van der Waals surface area contributed by atoms with Gasteiger partial charge in [-0.2, -0.15) is 0 Å². The van der Waals surface area contributed by atoms with Gasteiger partial charge in [-0.05, 0) is 38.5 Å². The van der Waals surface area contributed by atoms with E-state index in [0.29, 0.717) is 36.8 Å². The van der Waals surface area contributed by atoms with Gasteiger partial charge in [0.05, 0.1) is 11.8 Å². The van der Waals surface area contributed by atoms with Crippen LogP contribution in [0.5, 0.6) is 5.75 Å². The van der Waals surface area contributed by atoms with Gasteiger partial charge in [0.1, 0.15) is 12.4 Å². The number of nitrogens with one attached hydrogen (secondary N) is 1. The molecule has 0 saturated carbocycles. The fourth-order valence-electron chi connectivity index (χ4n) is 1.67. The molecule has 0 aliphatic carbocycles. The summed E-state index contributed by atoms with van der Waals surface area (Å²) in [5.74, 6) is 0.401. The molecular formula is C16H24N2O3. The Hall–Kier alpha value is -2.01. The molecule has 0 unspecified atom stereocenters. The first kappa shape index (κ1) is 17.0. The molecule has 21 heavy (non-hydrogen) atoms. The van der Waals surface area contributed by atoms with Crippen molar-refractivity contribution in [1.29, 1.82) is 0 Å². The molecule has 0 bridgehead atoms. The van der Waals surface area contributed by atoms with Gasteiger partial charge >= 0.3 is 0 Å². The molecule has 5 heteroatoms. The van der Waals surface area contributed by atoms with E-state index in [1.54, 1.807) is 24.3 Å². The molecule has 0 radical (unpaired) electrons. The molecule has 1 aromatic rings.